The average molecular weight is 484 g/mol. The van der Waals surface area contributed by atoms with Crippen LogP contribution < -0.4 is 15.4 Å². The van der Waals surface area contributed by atoms with Gasteiger partial charge < -0.3 is 10.6 Å². The van der Waals surface area contributed by atoms with Crippen LogP contribution in [0.1, 0.15) is 25.3 Å². The van der Waals surface area contributed by atoms with E-state index in [1.807, 2.05) is 0 Å². The number of alkyl halides is 2. The molecule has 3 N–H and O–H groups in total. The summed E-state index contributed by atoms with van der Waals surface area (Å²) in [5.74, 6) is -3.23. The molecule has 3 rings (SSSR count). The van der Waals surface area contributed by atoms with Crippen LogP contribution in [0.3, 0.4) is 0 Å². The fourth-order valence-corrected chi connectivity index (χ4v) is 4.70. The summed E-state index contributed by atoms with van der Waals surface area (Å²) in [6.45, 7) is 3.17. The Morgan fingerprint density at radius 2 is 1.69 bits per heavy atom. The number of hydrogen-bond acceptors (Lipinski definition) is 5. The lowest BCUT2D eigenvalue weighted by Crippen LogP contribution is -2.42. The Labute approximate surface area is 189 Å². The van der Waals surface area contributed by atoms with E-state index in [-0.39, 0.29) is 28.1 Å². The van der Waals surface area contributed by atoms with Gasteiger partial charge in [-0.25, -0.2) is 8.42 Å². The molecule has 0 aromatic heterocycles. The highest BCUT2D eigenvalue weighted by Gasteiger charge is 2.31. The molecule has 0 bridgehead atoms. The van der Waals surface area contributed by atoms with Gasteiger partial charge in [-0.15, -0.1) is 0 Å². The summed E-state index contributed by atoms with van der Waals surface area (Å²) >= 11 is 0.365. The van der Waals surface area contributed by atoms with Crippen LogP contribution in [0.4, 0.5) is 20.2 Å². The minimum atomic E-state index is -4.01. The van der Waals surface area contributed by atoms with E-state index < -0.39 is 27.7 Å². The fraction of sp³-hybridized carbons (Fsp3) is 0.333. The molecule has 0 spiro atoms. The lowest BCUT2D eigenvalue weighted by atomic mass is 10.2. The van der Waals surface area contributed by atoms with E-state index in [4.69, 9.17) is 0 Å². The Morgan fingerprint density at radius 1 is 1.06 bits per heavy atom. The van der Waals surface area contributed by atoms with Crippen molar-refractivity contribution in [2.75, 3.05) is 10.0 Å². The molecule has 2 aromatic carbocycles. The Hall–Kier alpha value is -2.66. The number of carbonyl (C=O) groups is 2. The van der Waals surface area contributed by atoms with E-state index in [0.717, 1.165) is 12.8 Å². The number of rotatable bonds is 9. The van der Waals surface area contributed by atoms with Gasteiger partial charge in [0.1, 0.15) is 6.04 Å². The molecular weight excluding hydrogens is 460 g/mol. The molecule has 1 unspecified atom stereocenters. The van der Waals surface area contributed by atoms with Crippen LogP contribution in [-0.4, -0.2) is 32.0 Å². The highest BCUT2D eigenvalue weighted by molar-refractivity contribution is 7.99. The number of halogens is 2. The van der Waals surface area contributed by atoms with E-state index in [1.54, 1.807) is 26.0 Å². The third-order valence-electron chi connectivity index (χ3n) is 4.78. The first-order valence-electron chi connectivity index (χ1n) is 9.85. The number of amides is 2. The zero-order chi connectivity index (χ0) is 23.5. The Morgan fingerprint density at radius 3 is 2.28 bits per heavy atom. The maximum atomic E-state index is 12.9. The number of carbonyl (C=O) groups excluding carboxylic acids is 2. The predicted molar refractivity (Wildman–Crippen MR) is 119 cm³/mol. The maximum absolute atomic E-state index is 12.9. The van der Waals surface area contributed by atoms with Crippen LogP contribution in [0.5, 0.6) is 0 Å². The quantitative estimate of drug-likeness (QED) is 0.469. The minimum Gasteiger partial charge on any atom is -0.344 e. The zero-order valence-electron chi connectivity index (χ0n) is 17.4. The van der Waals surface area contributed by atoms with Crippen molar-refractivity contribution in [3.05, 3.63) is 48.0 Å². The van der Waals surface area contributed by atoms with Gasteiger partial charge >= 0.3 is 0 Å². The fourth-order valence-electron chi connectivity index (χ4n) is 2.87. The lowest BCUT2D eigenvalue weighted by Gasteiger charge is -2.16. The van der Waals surface area contributed by atoms with E-state index in [1.165, 1.54) is 30.3 Å². The number of benzene rings is 2. The van der Waals surface area contributed by atoms with Crippen molar-refractivity contribution in [3.63, 3.8) is 0 Å². The van der Waals surface area contributed by atoms with Gasteiger partial charge in [-0.1, -0.05) is 17.8 Å². The first kappa shape index (κ1) is 24.0. The van der Waals surface area contributed by atoms with Gasteiger partial charge in [0.05, 0.1) is 4.90 Å². The monoisotopic (exact) mass is 483 g/mol. The van der Waals surface area contributed by atoms with Gasteiger partial charge in [-0.3, -0.25) is 14.3 Å². The molecule has 172 valence electrons. The largest absolute Gasteiger partial charge is 0.344 e. The summed E-state index contributed by atoms with van der Waals surface area (Å²) in [4.78, 5) is 24.5. The van der Waals surface area contributed by atoms with Gasteiger partial charge in [0.2, 0.25) is 11.8 Å². The van der Waals surface area contributed by atoms with Gasteiger partial charge in [0, 0.05) is 22.2 Å². The third-order valence-corrected chi connectivity index (χ3v) is 7.02. The molecule has 7 nitrogen and oxygen atoms in total. The minimum absolute atomic E-state index is 0.0320. The molecule has 2 amide bonds. The lowest BCUT2D eigenvalue weighted by molar-refractivity contribution is -0.127. The smallest absolute Gasteiger partial charge is 0.288 e. The van der Waals surface area contributed by atoms with E-state index in [9.17, 15) is 26.8 Å². The maximum Gasteiger partial charge on any atom is 0.288 e. The van der Waals surface area contributed by atoms with Crippen molar-refractivity contribution in [3.8, 4) is 0 Å². The van der Waals surface area contributed by atoms with Crippen molar-refractivity contribution >= 4 is 45.0 Å². The summed E-state index contributed by atoms with van der Waals surface area (Å²) < 4.78 is 53.0. The molecule has 1 fully saturated rings. The molecule has 0 radical (unpaired) electrons. The van der Waals surface area contributed by atoms with Gasteiger partial charge in [0.25, 0.3) is 15.8 Å². The Kier molecular flexibility index (Phi) is 7.40. The summed E-state index contributed by atoms with van der Waals surface area (Å²) in [7, 11) is -4.01. The number of sulfonamides is 1. The molecule has 1 aliphatic rings. The Balaban J connectivity index is 1.70. The molecule has 0 heterocycles. The zero-order valence-corrected chi connectivity index (χ0v) is 19.0. The Bertz CT molecular complexity index is 1100. The number of nitrogens with one attached hydrogen (secondary N) is 3. The molecule has 2 aromatic rings. The van der Waals surface area contributed by atoms with Crippen LogP contribution in [0.2, 0.25) is 0 Å². The average Bonchev–Trinajstić information content (AvgIpc) is 3.55. The van der Waals surface area contributed by atoms with Crippen LogP contribution in [0, 0.1) is 12.8 Å². The van der Waals surface area contributed by atoms with E-state index in [2.05, 4.69) is 15.4 Å². The summed E-state index contributed by atoms with van der Waals surface area (Å²) in [6.07, 6.45) is 1.64. The molecule has 1 saturated carbocycles. The number of thioether (sulfide) groups is 1. The standard InChI is InChI=1S/C21H23F2N3O4S2/c1-12-3-6-16(25-19(27)13(2)24-20(28)14-4-5-14)11-18(12)32(29,30)26-15-7-9-17(10-8-15)31-21(22)23/h3,6-11,13-14,21,26H,4-5H2,1-2H3,(H,24,28)(H,25,27). The van der Waals surface area contributed by atoms with Gasteiger partial charge in [-0.2, -0.15) is 8.78 Å². The first-order valence-corrected chi connectivity index (χ1v) is 12.2. The first-order chi connectivity index (χ1) is 15.0. The van der Waals surface area contributed by atoms with Crippen LogP contribution >= 0.6 is 11.8 Å². The molecule has 32 heavy (non-hydrogen) atoms. The topological polar surface area (TPSA) is 104 Å². The SMILES string of the molecule is Cc1ccc(NC(=O)C(C)NC(=O)C2CC2)cc1S(=O)(=O)Nc1ccc(SC(F)F)cc1. The molecular formula is C21H23F2N3O4S2. The second-order valence-electron chi connectivity index (χ2n) is 7.48. The molecule has 1 atom stereocenters. The number of hydrogen-bond donors (Lipinski definition) is 3. The van der Waals surface area contributed by atoms with Gasteiger partial charge in [-0.05, 0) is 68.7 Å². The summed E-state index contributed by atoms with van der Waals surface area (Å²) in [5.41, 5.74) is 0.932. The predicted octanol–water partition coefficient (Wildman–Crippen LogP) is 3.96. The summed E-state index contributed by atoms with van der Waals surface area (Å²) in [5, 5.41) is 5.25. The van der Waals surface area contributed by atoms with Crippen LogP contribution in [0.15, 0.2) is 52.3 Å². The highest BCUT2D eigenvalue weighted by atomic mass is 32.2. The molecule has 11 heteroatoms. The van der Waals surface area contributed by atoms with E-state index in [0.29, 0.717) is 22.2 Å². The van der Waals surface area contributed by atoms with Gasteiger partial charge in [0.15, 0.2) is 0 Å². The summed E-state index contributed by atoms with van der Waals surface area (Å²) in [6, 6.07) is 9.27. The third kappa shape index (κ3) is 6.42. The van der Waals surface area contributed by atoms with Crippen molar-refractivity contribution in [1.82, 2.24) is 5.32 Å². The van der Waals surface area contributed by atoms with Crippen molar-refractivity contribution < 1.29 is 26.8 Å². The normalized spacial score (nSPS) is 14.7. The number of anilines is 2. The molecule has 1 aliphatic carbocycles. The second-order valence-corrected chi connectivity index (χ2v) is 10.2. The van der Waals surface area contributed by atoms with Crippen molar-refractivity contribution in [2.24, 2.45) is 5.92 Å². The highest BCUT2D eigenvalue weighted by Crippen LogP contribution is 2.29. The molecule has 0 saturated heterocycles. The second kappa shape index (κ2) is 9.86. The van der Waals surface area contributed by atoms with Crippen LogP contribution in [0.25, 0.3) is 0 Å². The van der Waals surface area contributed by atoms with Crippen LogP contribution in [-0.2, 0) is 19.6 Å². The van der Waals surface area contributed by atoms with Crippen molar-refractivity contribution in [2.45, 2.75) is 48.3 Å². The van der Waals surface area contributed by atoms with Crippen molar-refractivity contribution in [1.29, 1.82) is 0 Å². The number of aryl methyl sites for hydroxylation is 1. The van der Waals surface area contributed by atoms with E-state index >= 15 is 0 Å². The molecule has 0 aliphatic heterocycles.